The van der Waals surface area contributed by atoms with E-state index in [1.165, 1.54) is 39.3 Å². The van der Waals surface area contributed by atoms with Gasteiger partial charge >= 0.3 is 0 Å². The maximum Gasteiger partial charge on any atom is 0.0590 e. The van der Waals surface area contributed by atoms with E-state index in [4.69, 9.17) is 4.74 Å². The van der Waals surface area contributed by atoms with Crippen molar-refractivity contribution < 1.29 is 4.74 Å². The minimum absolute atomic E-state index is 0.789. The molecule has 1 aliphatic rings. The van der Waals surface area contributed by atoms with E-state index in [0.29, 0.717) is 0 Å². The molecular weight excluding hydrogens is 226 g/mol. The van der Waals surface area contributed by atoms with Crippen LogP contribution in [0.15, 0.2) is 0 Å². The highest BCUT2D eigenvalue weighted by atomic mass is 16.5. The number of nitrogens with one attached hydrogen (secondary N) is 1. The summed E-state index contributed by atoms with van der Waals surface area (Å²) in [6.45, 7) is 17.7. The zero-order valence-electron chi connectivity index (χ0n) is 12.5. The first kappa shape index (κ1) is 15.9. The van der Waals surface area contributed by atoms with Crippen LogP contribution in [0.2, 0.25) is 0 Å². The van der Waals surface area contributed by atoms with Gasteiger partial charge in [-0.1, -0.05) is 13.8 Å². The molecule has 4 heteroatoms. The molecule has 0 aromatic rings. The van der Waals surface area contributed by atoms with Gasteiger partial charge in [0.2, 0.25) is 0 Å². The molecule has 0 spiro atoms. The van der Waals surface area contributed by atoms with Crippen LogP contribution in [0.5, 0.6) is 0 Å². The first-order valence-electron chi connectivity index (χ1n) is 7.45. The van der Waals surface area contributed by atoms with Crippen molar-refractivity contribution >= 4 is 0 Å². The fourth-order valence-electron chi connectivity index (χ4n) is 2.36. The largest absolute Gasteiger partial charge is 0.380 e. The molecule has 0 amide bonds. The van der Waals surface area contributed by atoms with Gasteiger partial charge in [-0.3, -0.25) is 4.90 Å². The summed E-state index contributed by atoms with van der Waals surface area (Å²) in [5.74, 6) is 0.789. The molecule has 0 atom stereocenters. The Balaban J connectivity index is 1.95. The van der Waals surface area contributed by atoms with Crippen molar-refractivity contribution in [3.8, 4) is 0 Å². The highest BCUT2D eigenvalue weighted by Gasteiger charge is 2.16. The van der Waals surface area contributed by atoms with Gasteiger partial charge in [-0.05, 0) is 12.8 Å². The zero-order valence-corrected chi connectivity index (χ0v) is 12.5. The van der Waals surface area contributed by atoms with E-state index < -0.39 is 0 Å². The van der Waals surface area contributed by atoms with Crippen molar-refractivity contribution in [3.05, 3.63) is 0 Å². The summed E-state index contributed by atoms with van der Waals surface area (Å²) in [4.78, 5) is 5.15. The standard InChI is InChI=1S/C14H31N3O/c1-4-18-12-6-15-5-7-16-8-10-17(11-9-16)13-14(2)3/h14-15H,4-13H2,1-3H3. The molecule has 108 valence electrons. The Kier molecular flexibility index (Phi) is 8.59. The lowest BCUT2D eigenvalue weighted by molar-refractivity contribution is 0.120. The SMILES string of the molecule is CCOCCNCCN1CCN(CC(C)C)CC1. The summed E-state index contributed by atoms with van der Waals surface area (Å²) in [6, 6.07) is 0. The lowest BCUT2D eigenvalue weighted by Gasteiger charge is -2.35. The molecule has 4 nitrogen and oxygen atoms in total. The number of hydrogen-bond donors (Lipinski definition) is 1. The third kappa shape index (κ3) is 7.31. The minimum Gasteiger partial charge on any atom is -0.380 e. The lowest BCUT2D eigenvalue weighted by Crippen LogP contribution is -2.49. The van der Waals surface area contributed by atoms with Gasteiger partial charge < -0.3 is 15.0 Å². The highest BCUT2D eigenvalue weighted by molar-refractivity contribution is 4.73. The summed E-state index contributed by atoms with van der Waals surface area (Å²) in [7, 11) is 0. The first-order valence-corrected chi connectivity index (χ1v) is 7.45. The van der Waals surface area contributed by atoms with Gasteiger partial charge in [0.05, 0.1) is 6.61 Å². The predicted octanol–water partition coefficient (Wildman–Crippen LogP) is 0.886. The molecule has 1 N–H and O–H groups in total. The molecule has 0 aromatic heterocycles. The van der Waals surface area contributed by atoms with Gasteiger partial charge in [-0.25, -0.2) is 0 Å². The van der Waals surface area contributed by atoms with Crippen LogP contribution in [0.4, 0.5) is 0 Å². The van der Waals surface area contributed by atoms with Crippen LogP contribution in [0.3, 0.4) is 0 Å². The van der Waals surface area contributed by atoms with E-state index in [1.807, 2.05) is 6.92 Å². The van der Waals surface area contributed by atoms with Crippen LogP contribution in [-0.4, -0.2) is 75.4 Å². The Hall–Kier alpha value is -0.160. The number of nitrogens with zero attached hydrogens (tertiary/aromatic N) is 2. The van der Waals surface area contributed by atoms with Gasteiger partial charge in [-0.2, -0.15) is 0 Å². The number of hydrogen-bond acceptors (Lipinski definition) is 4. The van der Waals surface area contributed by atoms with E-state index in [1.54, 1.807) is 0 Å². The van der Waals surface area contributed by atoms with Crippen molar-refractivity contribution in [1.82, 2.24) is 15.1 Å². The molecule has 0 radical (unpaired) electrons. The van der Waals surface area contributed by atoms with Crippen LogP contribution in [0.25, 0.3) is 0 Å². The fourth-order valence-corrected chi connectivity index (χ4v) is 2.36. The second-order valence-electron chi connectivity index (χ2n) is 5.48. The molecule has 1 saturated heterocycles. The average Bonchev–Trinajstić information content (AvgIpc) is 2.35. The van der Waals surface area contributed by atoms with E-state index in [2.05, 4.69) is 29.0 Å². The number of rotatable bonds is 9. The Morgan fingerprint density at radius 3 is 2.33 bits per heavy atom. The van der Waals surface area contributed by atoms with E-state index in [9.17, 15) is 0 Å². The van der Waals surface area contributed by atoms with Crippen molar-refractivity contribution in [2.45, 2.75) is 20.8 Å². The Labute approximate surface area is 113 Å². The Morgan fingerprint density at radius 1 is 1.06 bits per heavy atom. The van der Waals surface area contributed by atoms with Crippen molar-refractivity contribution in [3.63, 3.8) is 0 Å². The molecule has 0 unspecified atom stereocenters. The second-order valence-corrected chi connectivity index (χ2v) is 5.48. The molecule has 0 saturated carbocycles. The quantitative estimate of drug-likeness (QED) is 0.621. The van der Waals surface area contributed by atoms with Gasteiger partial charge in [0.15, 0.2) is 0 Å². The van der Waals surface area contributed by atoms with Crippen LogP contribution in [-0.2, 0) is 4.74 Å². The lowest BCUT2D eigenvalue weighted by atomic mass is 10.2. The minimum atomic E-state index is 0.789. The Bertz CT molecular complexity index is 191. The number of piperazine rings is 1. The smallest absolute Gasteiger partial charge is 0.0590 e. The third-order valence-electron chi connectivity index (χ3n) is 3.32. The van der Waals surface area contributed by atoms with Gasteiger partial charge in [-0.15, -0.1) is 0 Å². The first-order chi connectivity index (χ1) is 8.72. The zero-order chi connectivity index (χ0) is 13.2. The maximum atomic E-state index is 5.29. The van der Waals surface area contributed by atoms with Crippen LogP contribution >= 0.6 is 0 Å². The molecule has 0 bridgehead atoms. The summed E-state index contributed by atoms with van der Waals surface area (Å²) in [5.41, 5.74) is 0. The summed E-state index contributed by atoms with van der Waals surface area (Å²) >= 11 is 0. The van der Waals surface area contributed by atoms with E-state index in [-0.39, 0.29) is 0 Å². The Morgan fingerprint density at radius 2 is 1.72 bits per heavy atom. The molecule has 1 rings (SSSR count). The van der Waals surface area contributed by atoms with Crippen molar-refractivity contribution in [2.24, 2.45) is 5.92 Å². The summed E-state index contributed by atoms with van der Waals surface area (Å²) < 4.78 is 5.29. The van der Waals surface area contributed by atoms with Crippen LogP contribution in [0, 0.1) is 5.92 Å². The van der Waals surface area contributed by atoms with E-state index in [0.717, 1.165) is 32.2 Å². The van der Waals surface area contributed by atoms with Crippen molar-refractivity contribution in [2.75, 3.05) is 65.6 Å². The predicted molar refractivity (Wildman–Crippen MR) is 77.1 cm³/mol. The maximum absolute atomic E-state index is 5.29. The molecule has 1 heterocycles. The molecule has 18 heavy (non-hydrogen) atoms. The molecule has 1 aliphatic heterocycles. The van der Waals surface area contributed by atoms with Crippen molar-refractivity contribution in [1.29, 1.82) is 0 Å². The molecular formula is C14H31N3O. The van der Waals surface area contributed by atoms with Gasteiger partial charge in [0.25, 0.3) is 0 Å². The topological polar surface area (TPSA) is 27.7 Å². The summed E-state index contributed by atoms with van der Waals surface area (Å²) in [5, 5.41) is 3.43. The normalized spacial score (nSPS) is 18.7. The second kappa shape index (κ2) is 9.73. The average molecular weight is 257 g/mol. The highest BCUT2D eigenvalue weighted by Crippen LogP contribution is 2.04. The molecule has 1 fully saturated rings. The fraction of sp³-hybridized carbons (Fsp3) is 1.00. The molecule has 0 aromatic carbocycles. The van der Waals surface area contributed by atoms with Crippen LogP contribution < -0.4 is 5.32 Å². The van der Waals surface area contributed by atoms with Crippen LogP contribution in [0.1, 0.15) is 20.8 Å². The van der Waals surface area contributed by atoms with E-state index >= 15 is 0 Å². The van der Waals surface area contributed by atoms with Gasteiger partial charge in [0.1, 0.15) is 0 Å². The molecule has 0 aliphatic carbocycles. The van der Waals surface area contributed by atoms with Gasteiger partial charge in [0, 0.05) is 59.0 Å². The third-order valence-corrected chi connectivity index (χ3v) is 3.32. The monoisotopic (exact) mass is 257 g/mol. The number of ether oxygens (including phenoxy) is 1. The summed E-state index contributed by atoms with van der Waals surface area (Å²) in [6.07, 6.45) is 0.